The third kappa shape index (κ3) is 3.37. The second-order valence-electron chi connectivity index (χ2n) is 6.57. The maximum absolute atomic E-state index is 13.3. The van der Waals surface area contributed by atoms with Crippen molar-refractivity contribution in [3.63, 3.8) is 0 Å². The Bertz CT molecular complexity index is 980. The van der Waals surface area contributed by atoms with Gasteiger partial charge in [0.05, 0.1) is 22.4 Å². The molecular weight excluding hydrogens is 361 g/mol. The van der Waals surface area contributed by atoms with E-state index in [0.29, 0.717) is 17.3 Å². The Morgan fingerprint density at radius 3 is 2.56 bits per heavy atom. The van der Waals surface area contributed by atoms with Gasteiger partial charge >= 0.3 is 0 Å². The lowest BCUT2D eigenvalue weighted by Gasteiger charge is -2.16. The fourth-order valence-electron chi connectivity index (χ4n) is 3.34. The fraction of sp³-hybridized carbons (Fsp3) is 0.238. The maximum atomic E-state index is 13.3. The van der Waals surface area contributed by atoms with E-state index in [-0.39, 0.29) is 17.0 Å². The van der Waals surface area contributed by atoms with Gasteiger partial charge in [-0.05, 0) is 48.7 Å². The molecule has 0 saturated heterocycles. The van der Waals surface area contributed by atoms with E-state index in [0.717, 1.165) is 23.2 Å². The topological polar surface area (TPSA) is 46.9 Å². The summed E-state index contributed by atoms with van der Waals surface area (Å²) in [5, 5.41) is 7.65. The summed E-state index contributed by atoms with van der Waals surface area (Å²) >= 11 is 1.60. The summed E-state index contributed by atoms with van der Waals surface area (Å²) in [5.74, 6) is 0.677. The molecule has 0 fully saturated rings. The molecule has 1 N–H and O–H groups in total. The van der Waals surface area contributed by atoms with Crippen LogP contribution in [0.4, 0.5) is 10.2 Å². The first kappa shape index (κ1) is 17.8. The highest BCUT2D eigenvalue weighted by Crippen LogP contribution is 2.43. The van der Waals surface area contributed by atoms with Crippen LogP contribution < -0.4 is 5.32 Å². The number of hydrogen-bond donors (Lipinski definition) is 1. The van der Waals surface area contributed by atoms with Gasteiger partial charge in [-0.2, -0.15) is 5.10 Å². The number of thioether (sulfide) groups is 1. The van der Waals surface area contributed by atoms with E-state index in [1.807, 2.05) is 6.92 Å². The van der Waals surface area contributed by atoms with E-state index in [4.69, 9.17) is 0 Å². The number of halogens is 1. The van der Waals surface area contributed by atoms with Crippen LogP contribution in [0, 0.1) is 12.7 Å². The molecule has 0 spiro atoms. The quantitative estimate of drug-likeness (QED) is 0.718. The molecule has 0 aliphatic carbocycles. The Morgan fingerprint density at radius 1 is 1.19 bits per heavy atom. The number of nitrogens with zero attached hydrogens (tertiary/aromatic N) is 2. The van der Waals surface area contributed by atoms with Crippen LogP contribution in [0.1, 0.15) is 34.6 Å². The molecule has 27 heavy (non-hydrogen) atoms. The van der Waals surface area contributed by atoms with E-state index in [1.54, 1.807) is 28.6 Å². The summed E-state index contributed by atoms with van der Waals surface area (Å²) in [6.45, 7) is 4.08. The smallest absolute Gasteiger partial charge is 0.235 e. The largest absolute Gasteiger partial charge is 0.310 e. The summed E-state index contributed by atoms with van der Waals surface area (Å²) in [6.07, 6.45) is 0.991. The van der Waals surface area contributed by atoms with Crippen LogP contribution >= 0.6 is 11.8 Å². The number of fused-ring (bicyclic) bond motifs is 1. The van der Waals surface area contributed by atoms with Crippen molar-refractivity contribution in [2.75, 3.05) is 11.1 Å². The summed E-state index contributed by atoms with van der Waals surface area (Å²) in [6, 6.07) is 14.6. The predicted molar refractivity (Wildman–Crippen MR) is 107 cm³/mol. The van der Waals surface area contributed by atoms with Gasteiger partial charge in [-0.15, -0.1) is 11.8 Å². The van der Waals surface area contributed by atoms with Gasteiger partial charge in [0, 0.05) is 5.56 Å². The highest BCUT2D eigenvalue weighted by molar-refractivity contribution is 8.00. The van der Waals surface area contributed by atoms with Gasteiger partial charge in [-0.25, -0.2) is 9.07 Å². The van der Waals surface area contributed by atoms with E-state index >= 15 is 0 Å². The molecule has 1 amide bonds. The minimum atomic E-state index is -0.304. The minimum absolute atomic E-state index is 0.0130. The standard InChI is InChI=1S/C21H20FN3OS/c1-3-14-4-6-15(7-5-14)20-19-13(2)24-25(17-10-8-16(22)9-11-17)21(19)23-18(26)12-27-20/h4-11,20H,3,12H2,1-2H3,(H,23,26). The third-order valence-corrected chi connectivity index (χ3v) is 6.04. The van der Waals surface area contributed by atoms with E-state index in [9.17, 15) is 9.18 Å². The lowest BCUT2D eigenvalue weighted by atomic mass is 10.0. The van der Waals surface area contributed by atoms with Crippen molar-refractivity contribution >= 4 is 23.5 Å². The Hall–Kier alpha value is -2.60. The number of carbonyl (C=O) groups excluding carboxylic acids is 1. The van der Waals surface area contributed by atoms with Crippen LogP contribution in [0.2, 0.25) is 0 Å². The van der Waals surface area contributed by atoms with Gasteiger partial charge in [0.2, 0.25) is 5.91 Å². The molecule has 1 unspecified atom stereocenters. The van der Waals surface area contributed by atoms with Gasteiger partial charge in [0.1, 0.15) is 11.6 Å². The van der Waals surface area contributed by atoms with Crippen molar-refractivity contribution in [1.82, 2.24) is 9.78 Å². The number of carbonyl (C=O) groups is 1. The number of nitrogens with one attached hydrogen (secondary N) is 1. The summed E-state index contributed by atoms with van der Waals surface area (Å²) < 4.78 is 15.0. The summed E-state index contributed by atoms with van der Waals surface area (Å²) in [7, 11) is 0. The van der Waals surface area contributed by atoms with E-state index in [1.165, 1.54) is 17.7 Å². The zero-order chi connectivity index (χ0) is 19.0. The van der Waals surface area contributed by atoms with E-state index in [2.05, 4.69) is 41.6 Å². The lowest BCUT2D eigenvalue weighted by Crippen LogP contribution is -2.15. The van der Waals surface area contributed by atoms with Crippen molar-refractivity contribution < 1.29 is 9.18 Å². The molecular formula is C21H20FN3OS. The first-order valence-electron chi connectivity index (χ1n) is 8.92. The van der Waals surface area contributed by atoms with Crippen LogP contribution in [0.5, 0.6) is 0 Å². The van der Waals surface area contributed by atoms with Crippen LogP contribution in [-0.4, -0.2) is 21.4 Å². The van der Waals surface area contributed by atoms with Gasteiger partial charge < -0.3 is 5.32 Å². The average molecular weight is 381 g/mol. The Kier molecular flexibility index (Phi) is 4.74. The number of hydrogen-bond acceptors (Lipinski definition) is 3. The minimum Gasteiger partial charge on any atom is -0.310 e. The molecule has 1 aliphatic rings. The van der Waals surface area contributed by atoms with Crippen molar-refractivity contribution in [3.05, 3.63) is 76.7 Å². The number of aryl methyl sites for hydroxylation is 2. The first-order valence-corrected chi connectivity index (χ1v) is 9.97. The molecule has 4 nitrogen and oxygen atoms in total. The predicted octanol–water partition coefficient (Wildman–Crippen LogP) is 4.66. The summed E-state index contributed by atoms with van der Waals surface area (Å²) in [4.78, 5) is 12.3. The number of rotatable bonds is 3. The number of benzene rings is 2. The van der Waals surface area contributed by atoms with Crippen LogP contribution in [-0.2, 0) is 11.2 Å². The van der Waals surface area contributed by atoms with Crippen LogP contribution in [0.15, 0.2) is 48.5 Å². The molecule has 138 valence electrons. The molecule has 4 rings (SSSR count). The molecule has 1 aliphatic heterocycles. The van der Waals surface area contributed by atoms with Crippen LogP contribution in [0.3, 0.4) is 0 Å². The molecule has 6 heteroatoms. The number of anilines is 1. The molecule has 2 heterocycles. The Morgan fingerprint density at radius 2 is 1.89 bits per heavy atom. The molecule has 1 aromatic heterocycles. The normalized spacial score (nSPS) is 16.6. The third-order valence-electron chi connectivity index (χ3n) is 4.77. The molecule has 2 aromatic carbocycles. The van der Waals surface area contributed by atoms with Gasteiger partial charge in [0.25, 0.3) is 0 Å². The molecule has 0 bridgehead atoms. The molecule has 0 radical (unpaired) electrons. The van der Waals surface area contributed by atoms with Crippen LogP contribution in [0.25, 0.3) is 5.69 Å². The number of amides is 1. The average Bonchev–Trinajstić information content (AvgIpc) is 2.88. The van der Waals surface area contributed by atoms with Crippen molar-refractivity contribution in [1.29, 1.82) is 0 Å². The molecule has 0 saturated carbocycles. The lowest BCUT2D eigenvalue weighted by molar-refractivity contribution is -0.113. The Balaban J connectivity index is 1.84. The number of aromatic nitrogens is 2. The van der Waals surface area contributed by atoms with Crippen molar-refractivity contribution in [2.45, 2.75) is 25.5 Å². The second-order valence-corrected chi connectivity index (χ2v) is 7.66. The first-order chi connectivity index (χ1) is 13.1. The van der Waals surface area contributed by atoms with E-state index < -0.39 is 0 Å². The molecule has 1 atom stereocenters. The zero-order valence-electron chi connectivity index (χ0n) is 15.2. The highest BCUT2D eigenvalue weighted by atomic mass is 32.2. The Labute approximate surface area is 161 Å². The van der Waals surface area contributed by atoms with Crippen molar-refractivity contribution in [3.8, 4) is 5.69 Å². The SMILES string of the molecule is CCc1ccc(C2SCC(=O)Nc3c2c(C)nn3-c2ccc(F)cc2)cc1. The van der Waals surface area contributed by atoms with Gasteiger partial charge in [0.15, 0.2) is 0 Å². The van der Waals surface area contributed by atoms with Gasteiger partial charge in [-0.1, -0.05) is 31.2 Å². The van der Waals surface area contributed by atoms with Crippen molar-refractivity contribution in [2.24, 2.45) is 0 Å². The fourth-order valence-corrected chi connectivity index (χ4v) is 4.53. The van der Waals surface area contributed by atoms with Gasteiger partial charge in [-0.3, -0.25) is 4.79 Å². The second kappa shape index (κ2) is 7.19. The monoisotopic (exact) mass is 381 g/mol. The summed E-state index contributed by atoms with van der Waals surface area (Å²) in [5.41, 5.74) is 5.00. The molecule has 3 aromatic rings. The zero-order valence-corrected chi connectivity index (χ0v) is 16.0. The maximum Gasteiger partial charge on any atom is 0.235 e. The highest BCUT2D eigenvalue weighted by Gasteiger charge is 2.30.